The normalized spacial score (nSPS) is 14.1. The van der Waals surface area contributed by atoms with Crippen molar-refractivity contribution in [3.8, 4) is 11.6 Å². The predicted molar refractivity (Wildman–Crippen MR) is 123 cm³/mol. The maximum Gasteiger partial charge on any atom is 0.255 e. The fourth-order valence-electron chi connectivity index (χ4n) is 3.58. The van der Waals surface area contributed by atoms with Gasteiger partial charge >= 0.3 is 0 Å². The molecule has 1 saturated heterocycles. The van der Waals surface area contributed by atoms with E-state index in [1.807, 2.05) is 36.4 Å². The third-order valence-electron chi connectivity index (χ3n) is 5.34. The van der Waals surface area contributed by atoms with E-state index >= 15 is 0 Å². The van der Waals surface area contributed by atoms with Crippen LogP contribution in [0.15, 0.2) is 71.6 Å². The molecule has 32 heavy (non-hydrogen) atoms. The Labute approximate surface area is 195 Å². The molecule has 0 atom stereocenters. The number of rotatable bonds is 6. The quantitative estimate of drug-likeness (QED) is 0.554. The number of hydrogen-bond acceptors (Lipinski definition) is 5. The monoisotopic (exact) mass is 494 g/mol. The lowest BCUT2D eigenvalue weighted by molar-refractivity contribution is -0.126. The average molecular weight is 495 g/mol. The Hall–Kier alpha value is -3.26. The molecule has 1 N–H and O–H groups in total. The molecule has 8 heteroatoms. The zero-order chi connectivity index (χ0) is 22.3. The van der Waals surface area contributed by atoms with Crippen molar-refractivity contribution in [2.45, 2.75) is 19.4 Å². The number of benzene rings is 1. The second-order valence-electron chi connectivity index (χ2n) is 7.59. The molecule has 1 fully saturated rings. The van der Waals surface area contributed by atoms with Crippen LogP contribution in [-0.4, -0.2) is 39.8 Å². The second kappa shape index (κ2) is 10.4. The summed E-state index contributed by atoms with van der Waals surface area (Å²) in [5.41, 5.74) is 1.47. The average Bonchev–Trinajstić information content (AvgIpc) is 2.83. The van der Waals surface area contributed by atoms with Crippen LogP contribution in [-0.2, 0) is 11.3 Å². The topological polar surface area (TPSA) is 84.4 Å². The maximum absolute atomic E-state index is 12.8. The highest BCUT2D eigenvalue weighted by atomic mass is 79.9. The molecule has 3 aromatic rings. The first kappa shape index (κ1) is 22.0. The Morgan fingerprint density at radius 2 is 1.94 bits per heavy atom. The number of nitrogens with zero attached hydrogens (tertiary/aromatic N) is 3. The summed E-state index contributed by atoms with van der Waals surface area (Å²) in [7, 11) is 0. The predicted octanol–water partition coefficient (Wildman–Crippen LogP) is 4.20. The Bertz CT molecular complexity index is 1070. The molecule has 0 bridgehead atoms. The Morgan fingerprint density at radius 3 is 2.62 bits per heavy atom. The lowest BCUT2D eigenvalue weighted by Crippen LogP contribution is -2.43. The largest absolute Gasteiger partial charge is 0.439 e. The SMILES string of the molecule is O=C(NCc1cccnc1)C1CCN(C(=O)c2ccc(Oc3cccc(Br)c3)nc2)CC1. The third-order valence-corrected chi connectivity index (χ3v) is 5.84. The number of pyridine rings is 2. The molecule has 0 spiro atoms. The van der Waals surface area contributed by atoms with Gasteiger partial charge < -0.3 is 15.0 Å². The van der Waals surface area contributed by atoms with Gasteiger partial charge in [-0.15, -0.1) is 0 Å². The van der Waals surface area contributed by atoms with Gasteiger partial charge in [0.25, 0.3) is 5.91 Å². The summed E-state index contributed by atoms with van der Waals surface area (Å²) in [4.78, 5) is 35.4. The van der Waals surface area contributed by atoms with E-state index in [2.05, 4.69) is 31.2 Å². The third kappa shape index (κ3) is 5.70. The summed E-state index contributed by atoms with van der Waals surface area (Å²) >= 11 is 3.40. The lowest BCUT2D eigenvalue weighted by atomic mass is 9.95. The smallest absolute Gasteiger partial charge is 0.255 e. The van der Waals surface area contributed by atoms with Crippen molar-refractivity contribution >= 4 is 27.7 Å². The van der Waals surface area contributed by atoms with E-state index in [1.165, 1.54) is 6.20 Å². The van der Waals surface area contributed by atoms with E-state index in [0.29, 0.717) is 49.7 Å². The van der Waals surface area contributed by atoms with Gasteiger partial charge in [0.2, 0.25) is 11.8 Å². The molecule has 4 rings (SSSR count). The number of nitrogens with one attached hydrogen (secondary N) is 1. The number of carbonyl (C=O) groups is 2. The molecular formula is C24H23BrN4O3. The summed E-state index contributed by atoms with van der Waals surface area (Å²) < 4.78 is 6.63. The number of amides is 2. The minimum Gasteiger partial charge on any atom is -0.439 e. The summed E-state index contributed by atoms with van der Waals surface area (Å²) in [5.74, 6) is 0.936. The number of hydrogen-bond donors (Lipinski definition) is 1. The van der Waals surface area contributed by atoms with Gasteiger partial charge in [0, 0.05) is 54.7 Å². The summed E-state index contributed by atoms with van der Waals surface area (Å²) in [6, 6.07) is 14.6. The number of piperidine rings is 1. The van der Waals surface area contributed by atoms with Crippen LogP contribution in [0, 0.1) is 5.92 Å². The van der Waals surface area contributed by atoms with Gasteiger partial charge in [-0.25, -0.2) is 4.98 Å². The van der Waals surface area contributed by atoms with Gasteiger partial charge in [0.15, 0.2) is 0 Å². The standard InChI is InChI=1S/C24H23BrN4O3/c25-20-4-1-5-21(13-20)32-22-7-6-19(16-27-22)24(31)29-11-8-18(9-12-29)23(30)28-15-17-3-2-10-26-14-17/h1-7,10,13-14,16,18H,8-9,11-12,15H2,(H,28,30). The van der Waals surface area contributed by atoms with Gasteiger partial charge in [0.1, 0.15) is 5.75 Å². The van der Waals surface area contributed by atoms with Crippen LogP contribution in [0.5, 0.6) is 11.6 Å². The number of ether oxygens (including phenoxy) is 1. The van der Waals surface area contributed by atoms with Gasteiger partial charge in [0.05, 0.1) is 5.56 Å². The van der Waals surface area contributed by atoms with Crippen molar-refractivity contribution in [3.05, 3.63) is 82.7 Å². The minimum atomic E-state index is -0.0881. The Balaban J connectivity index is 1.27. The number of aromatic nitrogens is 2. The summed E-state index contributed by atoms with van der Waals surface area (Å²) in [5, 5.41) is 2.96. The number of halogens is 1. The van der Waals surface area contributed by atoms with E-state index in [1.54, 1.807) is 29.4 Å². The van der Waals surface area contributed by atoms with Crippen LogP contribution < -0.4 is 10.1 Å². The van der Waals surface area contributed by atoms with Crippen LogP contribution in [0.4, 0.5) is 0 Å². The molecule has 3 heterocycles. The highest BCUT2D eigenvalue weighted by Crippen LogP contribution is 2.24. The van der Waals surface area contributed by atoms with Crippen LogP contribution in [0.3, 0.4) is 0 Å². The van der Waals surface area contributed by atoms with Gasteiger partial charge in [-0.2, -0.15) is 0 Å². The fraction of sp³-hybridized carbons (Fsp3) is 0.250. The van der Waals surface area contributed by atoms with Crippen molar-refractivity contribution in [3.63, 3.8) is 0 Å². The van der Waals surface area contributed by atoms with Crippen LogP contribution in [0.25, 0.3) is 0 Å². The van der Waals surface area contributed by atoms with Gasteiger partial charge in [-0.1, -0.05) is 28.1 Å². The molecule has 1 aliphatic rings. The first-order valence-electron chi connectivity index (χ1n) is 10.4. The van der Waals surface area contributed by atoms with Gasteiger partial charge in [-0.3, -0.25) is 14.6 Å². The van der Waals surface area contributed by atoms with Crippen molar-refractivity contribution in [2.75, 3.05) is 13.1 Å². The number of carbonyl (C=O) groups excluding carboxylic acids is 2. The molecule has 1 aliphatic heterocycles. The minimum absolute atomic E-state index is 0.0247. The lowest BCUT2D eigenvalue weighted by Gasteiger charge is -2.31. The van der Waals surface area contributed by atoms with E-state index in [0.717, 1.165) is 10.0 Å². The molecule has 164 valence electrons. The van der Waals surface area contributed by atoms with Crippen LogP contribution >= 0.6 is 15.9 Å². The fourth-order valence-corrected chi connectivity index (χ4v) is 3.96. The van der Waals surface area contributed by atoms with E-state index in [-0.39, 0.29) is 17.7 Å². The maximum atomic E-state index is 12.8. The zero-order valence-corrected chi connectivity index (χ0v) is 19.0. The molecule has 2 amide bonds. The van der Waals surface area contributed by atoms with Crippen LogP contribution in [0.2, 0.25) is 0 Å². The Kier molecular flexibility index (Phi) is 7.11. The van der Waals surface area contributed by atoms with Crippen molar-refractivity contribution in [2.24, 2.45) is 5.92 Å². The zero-order valence-electron chi connectivity index (χ0n) is 17.4. The summed E-state index contributed by atoms with van der Waals surface area (Å²) in [6.07, 6.45) is 6.26. The molecule has 2 aromatic heterocycles. The molecule has 1 aromatic carbocycles. The van der Waals surface area contributed by atoms with E-state index in [4.69, 9.17) is 4.74 Å². The van der Waals surface area contributed by atoms with Crippen molar-refractivity contribution in [1.82, 2.24) is 20.2 Å². The highest BCUT2D eigenvalue weighted by Gasteiger charge is 2.27. The molecular weight excluding hydrogens is 472 g/mol. The van der Waals surface area contributed by atoms with Crippen LogP contribution in [0.1, 0.15) is 28.8 Å². The first-order valence-corrected chi connectivity index (χ1v) is 11.2. The number of likely N-dealkylation sites (tertiary alicyclic amines) is 1. The second-order valence-corrected chi connectivity index (χ2v) is 8.51. The van der Waals surface area contributed by atoms with Gasteiger partial charge in [-0.05, 0) is 48.7 Å². The molecule has 0 radical (unpaired) electrons. The van der Waals surface area contributed by atoms with E-state index in [9.17, 15) is 9.59 Å². The van der Waals surface area contributed by atoms with Crippen molar-refractivity contribution in [1.29, 1.82) is 0 Å². The highest BCUT2D eigenvalue weighted by molar-refractivity contribution is 9.10. The van der Waals surface area contributed by atoms with E-state index < -0.39 is 0 Å². The first-order chi connectivity index (χ1) is 15.6. The summed E-state index contributed by atoms with van der Waals surface area (Å²) in [6.45, 7) is 1.55. The Morgan fingerprint density at radius 1 is 1.09 bits per heavy atom. The molecule has 0 aliphatic carbocycles. The molecule has 7 nitrogen and oxygen atoms in total. The van der Waals surface area contributed by atoms with Crippen molar-refractivity contribution < 1.29 is 14.3 Å². The molecule has 0 unspecified atom stereocenters. The molecule has 0 saturated carbocycles.